The van der Waals surface area contributed by atoms with Gasteiger partial charge in [0.25, 0.3) is 5.56 Å². The Bertz CT molecular complexity index is 5590. The molecule has 2 aliphatic rings. The van der Waals surface area contributed by atoms with Gasteiger partial charge in [-0.1, -0.05) is 185 Å². The summed E-state index contributed by atoms with van der Waals surface area (Å²) in [6, 6.07) is 70.6. The lowest BCUT2D eigenvalue weighted by atomic mass is 9.97. The zero-order valence-electron chi connectivity index (χ0n) is 67.9. The maximum absolute atomic E-state index is 15.2. The molecular weight excluding hydrogens is 1590 g/mol. The molecule has 1 N–H and O–H groups in total. The number of unbranched alkanes of at least 4 members (excludes halogenated alkanes) is 5. The van der Waals surface area contributed by atoms with Gasteiger partial charge in [0.15, 0.2) is 41.7 Å². The molecule has 13 rings (SSSR count). The number of aryl methyl sites for hydroxylation is 1. The SMILES string of the molecule is CCCCCCCCOc1c(O[C@@H]2O[C@H](COC(=O)c3ccccc3)[C@H](OC(=O)c3ccccc3)[C@H](OC(=O)c3ccccc3)[C@H]2OC(=O)c2ccccc2)c2ccc(NC(=O)C=Cc3cc(OC)c(O[C@@H]4O[C@H](COC(=O)c5ccccc5)[C@H](OC(=O)c5ccccc5)[C@H](OC(=O)c5ccccc5)[C@H]4OC(=O)c4ccccc4)c(OC)c3)cc2n(C)c1=O. The van der Waals surface area contributed by atoms with E-state index in [1.54, 1.807) is 146 Å². The van der Waals surface area contributed by atoms with Crippen LogP contribution in [0.1, 0.15) is 134 Å². The summed E-state index contributed by atoms with van der Waals surface area (Å²) in [5, 5.41) is 3.02. The van der Waals surface area contributed by atoms with E-state index in [1.165, 1.54) is 165 Å². The van der Waals surface area contributed by atoms with Crippen LogP contribution in [0.2, 0.25) is 0 Å². The second-order valence-corrected chi connectivity index (χ2v) is 28.6. The van der Waals surface area contributed by atoms with Crippen molar-refractivity contribution in [2.75, 3.05) is 39.4 Å². The van der Waals surface area contributed by atoms with E-state index in [4.69, 9.17) is 71.1 Å². The van der Waals surface area contributed by atoms with Crippen molar-refractivity contribution >= 4 is 76.3 Å². The third-order valence-electron chi connectivity index (χ3n) is 20.2. The Kier molecular flexibility index (Phi) is 29.9. The van der Waals surface area contributed by atoms with Crippen molar-refractivity contribution in [3.05, 3.63) is 339 Å². The van der Waals surface area contributed by atoms with Gasteiger partial charge in [-0.05, 0) is 145 Å². The first-order valence-corrected chi connectivity index (χ1v) is 40.1. The molecule has 636 valence electrons. The summed E-state index contributed by atoms with van der Waals surface area (Å²) < 4.78 is 96.5. The number of hydrogen-bond acceptors (Lipinski definition) is 25. The Morgan fingerprint density at radius 1 is 0.379 bits per heavy atom. The number of hydrogen-bond donors (Lipinski definition) is 1. The molecule has 10 aromatic carbocycles. The van der Waals surface area contributed by atoms with Crippen LogP contribution in [0.5, 0.6) is 28.7 Å². The van der Waals surface area contributed by atoms with Crippen LogP contribution in [0.25, 0.3) is 17.0 Å². The van der Waals surface area contributed by atoms with Gasteiger partial charge in [-0.15, -0.1) is 0 Å². The van der Waals surface area contributed by atoms with Crippen molar-refractivity contribution in [1.82, 2.24) is 4.57 Å². The first kappa shape index (κ1) is 87.1. The smallest absolute Gasteiger partial charge is 0.338 e. The van der Waals surface area contributed by atoms with Gasteiger partial charge in [0.1, 0.15) is 25.4 Å². The number of fused-ring (bicyclic) bond motifs is 1. The highest BCUT2D eigenvalue weighted by molar-refractivity contribution is 6.04. The van der Waals surface area contributed by atoms with Crippen LogP contribution in [0.15, 0.2) is 284 Å². The van der Waals surface area contributed by atoms with E-state index in [9.17, 15) is 43.2 Å². The summed E-state index contributed by atoms with van der Waals surface area (Å²) in [5.74, 6) is -8.90. The molecule has 0 aliphatic carbocycles. The Morgan fingerprint density at radius 2 is 0.710 bits per heavy atom. The summed E-state index contributed by atoms with van der Waals surface area (Å²) in [5.41, 5.74) is 0.452. The van der Waals surface area contributed by atoms with Crippen molar-refractivity contribution in [2.45, 2.75) is 107 Å². The number of aromatic nitrogens is 1. The van der Waals surface area contributed by atoms with E-state index in [-0.39, 0.29) is 102 Å². The topological polar surface area (TPSA) is 326 Å². The van der Waals surface area contributed by atoms with Crippen LogP contribution < -0.4 is 34.6 Å². The summed E-state index contributed by atoms with van der Waals surface area (Å²) in [4.78, 5) is 144. The first-order valence-electron chi connectivity index (χ1n) is 40.1. The average molecular weight is 1680 g/mol. The number of amides is 1. The highest BCUT2D eigenvalue weighted by atomic mass is 16.8. The molecule has 0 saturated carbocycles. The van der Waals surface area contributed by atoms with Crippen molar-refractivity contribution in [3.63, 3.8) is 0 Å². The van der Waals surface area contributed by atoms with Crippen molar-refractivity contribution in [2.24, 2.45) is 7.05 Å². The summed E-state index contributed by atoms with van der Waals surface area (Å²) in [6.45, 7) is 0.762. The second-order valence-electron chi connectivity index (χ2n) is 28.6. The minimum absolute atomic E-state index is 0.0186. The first-order chi connectivity index (χ1) is 60.4. The fraction of sp³-hybridized carbons (Fsp3) is 0.237. The molecule has 0 radical (unpaired) electrons. The minimum atomic E-state index is -1.95. The fourth-order valence-electron chi connectivity index (χ4n) is 13.8. The molecule has 0 spiro atoms. The molecule has 0 unspecified atom stereocenters. The van der Waals surface area contributed by atoms with Crippen molar-refractivity contribution in [3.8, 4) is 28.7 Å². The van der Waals surface area contributed by atoms with Gasteiger partial charge in [-0.3, -0.25) is 9.59 Å². The summed E-state index contributed by atoms with van der Waals surface area (Å²) >= 11 is 0. The number of pyridine rings is 1. The van der Waals surface area contributed by atoms with Crippen LogP contribution in [0.3, 0.4) is 0 Å². The van der Waals surface area contributed by atoms with Crippen molar-refractivity contribution in [1.29, 1.82) is 0 Å². The monoisotopic (exact) mass is 1680 g/mol. The number of carbonyl (C=O) groups excluding carboxylic acids is 9. The molecule has 27 heteroatoms. The van der Waals surface area contributed by atoms with Gasteiger partial charge in [-0.2, -0.15) is 0 Å². The number of esters is 8. The quantitative estimate of drug-likeness (QED) is 0.0167. The number of nitrogens with one attached hydrogen (secondary N) is 1. The summed E-state index contributed by atoms with van der Waals surface area (Å²) in [7, 11) is 4.11. The van der Waals surface area contributed by atoms with Gasteiger partial charge in [0.05, 0.1) is 70.9 Å². The van der Waals surface area contributed by atoms with E-state index in [0.29, 0.717) is 6.42 Å². The molecule has 3 heterocycles. The van der Waals surface area contributed by atoms with Crippen LogP contribution in [-0.2, 0) is 59.2 Å². The maximum atomic E-state index is 15.2. The molecule has 2 saturated heterocycles. The average Bonchev–Trinajstić information content (AvgIpc) is 0.751. The molecule has 2 fully saturated rings. The number of nitrogens with zero attached hydrogens (tertiary/aromatic N) is 1. The van der Waals surface area contributed by atoms with Gasteiger partial charge in [-0.25, -0.2) is 38.4 Å². The lowest BCUT2D eigenvalue weighted by Crippen LogP contribution is -2.64. The minimum Gasteiger partial charge on any atom is -0.493 e. The molecule has 2 aliphatic heterocycles. The number of rotatable bonds is 35. The number of carbonyl (C=O) groups is 9. The van der Waals surface area contributed by atoms with Gasteiger partial charge in [0, 0.05) is 24.2 Å². The Balaban J connectivity index is 0.843. The van der Waals surface area contributed by atoms with E-state index >= 15 is 4.79 Å². The van der Waals surface area contributed by atoms with E-state index in [2.05, 4.69) is 12.2 Å². The van der Waals surface area contributed by atoms with E-state index in [0.717, 1.165) is 32.1 Å². The van der Waals surface area contributed by atoms with Gasteiger partial charge in [0.2, 0.25) is 42.2 Å². The largest absolute Gasteiger partial charge is 0.493 e. The normalized spacial score (nSPS) is 18.4. The highest BCUT2D eigenvalue weighted by Crippen LogP contribution is 2.44. The lowest BCUT2D eigenvalue weighted by molar-refractivity contribution is -0.275. The number of ether oxygens (including phenoxy) is 15. The lowest BCUT2D eigenvalue weighted by Gasteiger charge is -2.44. The third-order valence-corrected chi connectivity index (χ3v) is 20.2. The van der Waals surface area contributed by atoms with E-state index < -0.39 is 134 Å². The van der Waals surface area contributed by atoms with Crippen LogP contribution >= 0.6 is 0 Å². The fourth-order valence-corrected chi connectivity index (χ4v) is 13.8. The van der Waals surface area contributed by atoms with Gasteiger partial charge >= 0.3 is 47.8 Å². The Labute approximate surface area is 713 Å². The number of methoxy groups -OCH3 is 2. The van der Waals surface area contributed by atoms with Crippen molar-refractivity contribution < 1.29 is 114 Å². The second kappa shape index (κ2) is 42.5. The molecule has 0 bridgehead atoms. The standard InChI is InChI=1S/C97H88N2O25/c1-5-6-7-8-9-34-55-112-84-78(123-96-85(121-94(108)68-47-30-16-31-48-68)82(119-92(106)66-43-26-14-27-44-66)80(117-90(104)64-39-22-12-23-40-64)75(115-96)59-113-88(102)62-35-18-10-19-36-62)71-53-52-70(58-72(71)99(2)87(84)101)98-77(100)54-51-61-56-73(110-3)79(74(57-61)111-4)124-97-86(122-95(109)69-49-32-17-33-50-69)83(120-93(107)67-45-28-15-29-46-67)81(118-91(105)65-41-24-13-25-42-65)76(116-97)60-114-89(103)63-37-20-11-21-38-63/h10-33,35-54,56-58,75-76,80-83,85-86,96-97H,5-9,34,55,59-60H2,1-4H3,(H,98,100)/t75-,76-,80+,81+,82+,83+,85-,86-,96+,97+/m1/s1. The number of benzene rings is 10. The van der Waals surface area contributed by atoms with Crippen LogP contribution in [-0.4, -0.2) is 154 Å². The van der Waals surface area contributed by atoms with Crippen LogP contribution in [0.4, 0.5) is 5.69 Å². The Hall–Kier alpha value is -14.7. The zero-order valence-corrected chi connectivity index (χ0v) is 67.9. The number of anilines is 1. The van der Waals surface area contributed by atoms with E-state index in [1.807, 2.05) is 0 Å². The molecule has 27 nitrogen and oxygen atoms in total. The third kappa shape index (κ3) is 22.1. The molecular formula is C97H88N2O25. The molecule has 1 aromatic heterocycles. The predicted octanol–water partition coefficient (Wildman–Crippen LogP) is 15.2. The molecule has 1 amide bonds. The maximum Gasteiger partial charge on any atom is 0.338 e. The Morgan fingerprint density at radius 3 is 1.07 bits per heavy atom. The molecule has 124 heavy (non-hydrogen) atoms. The predicted molar refractivity (Wildman–Crippen MR) is 451 cm³/mol. The van der Waals surface area contributed by atoms with Crippen LogP contribution in [0, 0.1) is 0 Å². The highest BCUT2D eigenvalue weighted by Gasteiger charge is 2.57. The summed E-state index contributed by atoms with van der Waals surface area (Å²) in [6.07, 6.45) is -10.1. The molecule has 11 aromatic rings. The zero-order chi connectivity index (χ0) is 86.9. The molecule has 10 atom stereocenters. The van der Waals surface area contributed by atoms with Gasteiger partial charge < -0.3 is 80.9 Å².